The number of imidazole rings is 1. The van der Waals surface area contributed by atoms with E-state index >= 15 is 0 Å². The monoisotopic (exact) mass is 316 g/mol. The third kappa shape index (κ3) is 2.63. The molecule has 112 valence electrons. The number of hydrogen-bond acceptors (Lipinski definition) is 4. The van der Waals surface area contributed by atoms with Crippen LogP contribution in [0, 0.1) is 0 Å². The molecule has 0 aliphatic heterocycles. The third-order valence-electron chi connectivity index (χ3n) is 3.23. The molecule has 0 aliphatic carbocycles. The Labute approximate surface area is 132 Å². The summed E-state index contributed by atoms with van der Waals surface area (Å²) in [6.45, 7) is 0.287. The number of hydrogen-bond donors (Lipinski definition) is 0. The summed E-state index contributed by atoms with van der Waals surface area (Å²) >= 11 is 6.06. The molecule has 0 bridgehead atoms. The number of nitrogens with zero attached hydrogens (tertiary/aromatic N) is 2. The van der Waals surface area contributed by atoms with Crippen molar-refractivity contribution in [2.45, 2.75) is 6.61 Å². The number of benzene rings is 1. The molecule has 0 spiro atoms. The molecule has 3 aromatic rings. The van der Waals surface area contributed by atoms with Crippen LogP contribution in [0.25, 0.3) is 5.65 Å². The van der Waals surface area contributed by atoms with Crippen LogP contribution < -0.4 is 4.74 Å². The lowest BCUT2D eigenvalue weighted by atomic mass is 10.3. The van der Waals surface area contributed by atoms with Gasteiger partial charge in [-0.05, 0) is 24.3 Å². The Balaban J connectivity index is 1.89. The van der Waals surface area contributed by atoms with Gasteiger partial charge in [-0.15, -0.1) is 0 Å². The fourth-order valence-electron chi connectivity index (χ4n) is 2.15. The van der Waals surface area contributed by atoms with Crippen LogP contribution in [0.4, 0.5) is 0 Å². The molecule has 6 heteroatoms. The molecule has 2 heterocycles. The highest BCUT2D eigenvalue weighted by atomic mass is 35.5. The van der Waals surface area contributed by atoms with Crippen molar-refractivity contribution in [3.05, 3.63) is 65.1 Å². The van der Waals surface area contributed by atoms with Crippen molar-refractivity contribution in [3.8, 4) is 5.75 Å². The number of methoxy groups -OCH3 is 1. The lowest BCUT2D eigenvalue weighted by molar-refractivity contribution is 0.0602. The predicted molar refractivity (Wildman–Crippen MR) is 82.3 cm³/mol. The summed E-state index contributed by atoms with van der Waals surface area (Å²) in [5.74, 6) is 0.179. The minimum atomic E-state index is -0.422. The first kappa shape index (κ1) is 14.4. The number of pyridine rings is 1. The zero-order valence-electron chi connectivity index (χ0n) is 11.8. The molecule has 0 amide bonds. The van der Waals surface area contributed by atoms with Gasteiger partial charge in [0.05, 0.1) is 24.0 Å². The van der Waals surface area contributed by atoms with Gasteiger partial charge in [-0.2, -0.15) is 0 Å². The Morgan fingerprint density at radius 2 is 2.09 bits per heavy atom. The van der Waals surface area contributed by atoms with E-state index in [1.807, 2.05) is 18.3 Å². The molecule has 0 radical (unpaired) electrons. The molecule has 0 fully saturated rings. The van der Waals surface area contributed by atoms with Crippen LogP contribution in [0.3, 0.4) is 0 Å². The van der Waals surface area contributed by atoms with E-state index in [0.29, 0.717) is 22.0 Å². The van der Waals surface area contributed by atoms with Crippen molar-refractivity contribution in [2.24, 2.45) is 0 Å². The van der Waals surface area contributed by atoms with Crippen molar-refractivity contribution in [1.82, 2.24) is 9.38 Å². The molecule has 22 heavy (non-hydrogen) atoms. The average molecular weight is 317 g/mol. The van der Waals surface area contributed by atoms with Gasteiger partial charge in [0, 0.05) is 6.20 Å². The Kier molecular flexibility index (Phi) is 3.98. The van der Waals surface area contributed by atoms with Crippen molar-refractivity contribution in [3.63, 3.8) is 0 Å². The molecular weight excluding hydrogens is 304 g/mol. The summed E-state index contributed by atoms with van der Waals surface area (Å²) < 4.78 is 12.3. The Morgan fingerprint density at radius 3 is 2.86 bits per heavy atom. The molecule has 3 rings (SSSR count). The summed E-state index contributed by atoms with van der Waals surface area (Å²) in [5.41, 5.74) is 1.75. The van der Waals surface area contributed by atoms with Gasteiger partial charge in [-0.3, -0.25) is 4.40 Å². The lowest BCUT2D eigenvalue weighted by Crippen LogP contribution is -2.05. The van der Waals surface area contributed by atoms with Gasteiger partial charge in [0.1, 0.15) is 17.9 Å². The van der Waals surface area contributed by atoms with Crippen LogP contribution in [0.15, 0.2) is 48.8 Å². The number of rotatable bonds is 4. The average Bonchev–Trinajstić information content (AvgIpc) is 2.96. The normalized spacial score (nSPS) is 10.6. The van der Waals surface area contributed by atoms with Gasteiger partial charge in [-0.1, -0.05) is 23.7 Å². The maximum atomic E-state index is 11.7. The molecule has 0 atom stereocenters. The minimum absolute atomic E-state index is 0.287. The number of carbonyl (C=O) groups is 1. The van der Waals surface area contributed by atoms with E-state index in [1.165, 1.54) is 7.11 Å². The molecule has 1 aromatic carbocycles. The first-order valence-electron chi connectivity index (χ1n) is 6.61. The van der Waals surface area contributed by atoms with E-state index < -0.39 is 5.97 Å². The fourth-order valence-corrected chi connectivity index (χ4v) is 2.34. The van der Waals surface area contributed by atoms with E-state index in [0.717, 1.165) is 5.69 Å². The first-order valence-corrected chi connectivity index (χ1v) is 6.99. The number of carbonyl (C=O) groups excluding carboxylic acids is 1. The highest BCUT2D eigenvalue weighted by molar-refractivity contribution is 6.32. The number of fused-ring (bicyclic) bond motifs is 1. The van der Waals surface area contributed by atoms with Crippen molar-refractivity contribution in [1.29, 1.82) is 0 Å². The number of para-hydroxylation sites is 1. The topological polar surface area (TPSA) is 52.8 Å². The molecule has 2 aromatic heterocycles. The molecular formula is C16H13ClN2O3. The van der Waals surface area contributed by atoms with Crippen molar-refractivity contribution in [2.75, 3.05) is 7.11 Å². The Bertz CT molecular complexity index is 829. The fraction of sp³-hybridized carbons (Fsp3) is 0.125. The summed E-state index contributed by atoms with van der Waals surface area (Å²) in [4.78, 5) is 16.0. The summed E-state index contributed by atoms with van der Waals surface area (Å²) in [7, 11) is 1.34. The summed E-state index contributed by atoms with van der Waals surface area (Å²) in [6.07, 6.45) is 3.48. The van der Waals surface area contributed by atoms with Gasteiger partial charge < -0.3 is 9.47 Å². The summed E-state index contributed by atoms with van der Waals surface area (Å²) in [6, 6.07) is 10.7. The second kappa shape index (κ2) is 6.07. The van der Waals surface area contributed by atoms with Crippen LogP contribution in [-0.4, -0.2) is 22.5 Å². The predicted octanol–water partition coefficient (Wildman–Crippen LogP) is 3.35. The van der Waals surface area contributed by atoms with Gasteiger partial charge in [0.25, 0.3) is 0 Å². The van der Waals surface area contributed by atoms with Gasteiger partial charge in [-0.25, -0.2) is 9.78 Å². The zero-order chi connectivity index (χ0) is 15.5. The lowest BCUT2D eigenvalue weighted by Gasteiger charge is -2.08. The van der Waals surface area contributed by atoms with Gasteiger partial charge >= 0.3 is 5.97 Å². The standard InChI is InChI=1S/C16H13ClN2O3/c1-21-16(20)12-5-4-8-19-11(9-18-15(12)19)10-22-14-7-3-2-6-13(14)17/h2-9H,10H2,1H3. The first-order chi connectivity index (χ1) is 10.7. The molecule has 0 N–H and O–H groups in total. The second-order valence-corrected chi connectivity index (χ2v) is 4.98. The SMILES string of the molecule is COC(=O)c1cccn2c(COc3ccccc3Cl)cnc12. The Morgan fingerprint density at radius 1 is 1.27 bits per heavy atom. The Hall–Kier alpha value is -2.53. The molecule has 0 saturated carbocycles. The van der Waals surface area contributed by atoms with Gasteiger partial charge in [0.2, 0.25) is 0 Å². The van der Waals surface area contributed by atoms with E-state index in [4.69, 9.17) is 21.1 Å². The highest BCUT2D eigenvalue weighted by Crippen LogP contribution is 2.24. The van der Waals surface area contributed by atoms with E-state index in [2.05, 4.69) is 4.98 Å². The van der Waals surface area contributed by atoms with E-state index in [-0.39, 0.29) is 6.61 Å². The van der Waals surface area contributed by atoms with Crippen molar-refractivity contribution >= 4 is 23.2 Å². The zero-order valence-corrected chi connectivity index (χ0v) is 12.6. The van der Waals surface area contributed by atoms with Crippen LogP contribution >= 0.6 is 11.6 Å². The summed E-state index contributed by atoms with van der Waals surface area (Å²) in [5, 5.41) is 0.548. The third-order valence-corrected chi connectivity index (χ3v) is 3.54. The van der Waals surface area contributed by atoms with Crippen LogP contribution in [0.1, 0.15) is 16.1 Å². The van der Waals surface area contributed by atoms with Crippen LogP contribution in [0.5, 0.6) is 5.75 Å². The number of ether oxygens (including phenoxy) is 2. The minimum Gasteiger partial charge on any atom is -0.486 e. The van der Waals surface area contributed by atoms with Crippen LogP contribution in [0.2, 0.25) is 5.02 Å². The van der Waals surface area contributed by atoms with Gasteiger partial charge in [0.15, 0.2) is 5.65 Å². The maximum Gasteiger partial charge on any atom is 0.341 e. The smallest absolute Gasteiger partial charge is 0.341 e. The van der Waals surface area contributed by atoms with E-state index in [9.17, 15) is 4.79 Å². The quantitative estimate of drug-likeness (QED) is 0.693. The molecule has 5 nitrogen and oxygen atoms in total. The second-order valence-electron chi connectivity index (χ2n) is 4.58. The number of esters is 1. The van der Waals surface area contributed by atoms with E-state index in [1.54, 1.807) is 34.9 Å². The molecule has 0 saturated heterocycles. The number of halogens is 1. The largest absolute Gasteiger partial charge is 0.486 e. The van der Waals surface area contributed by atoms with Crippen LogP contribution in [-0.2, 0) is 11.3 Å². The molecule has 0 unspecified atom stereocenters. The highest BCUT2D eigenvalue weighted by Gasteiger charge is 2.14. The maximum absolute atomic E-state index is 11.7. The number of aromatic nitrogens is 2. The van der Waals surface area contributed by atoms with Crippen molar-refractivity contribution < 1.29 is 14.3 Å². The molecule has 0 aliphatic rings.